The Labute approximate surface area is 176 Å². The minimum absolute atomic E-state index is 0.256. The van der Waals surface area contributed by atoms with Crippen molar-refractivity contribution in [3.63, 3.8) is 0 Å². The molecule has 0 radical (unpaired) electrons. The maximum absolute atomic E-state index is 6.34. The van der Waals surface area contributed by atoms with Crippen molar-refractivity contribution < 1.29 is 9.05 Å². The smallest absolute Gasteiger partial charge is 0.273 e. The lowest BCUT2D eigenvalue weighted by Crippen LogP contribution is -2.48. The molecule has 28 heavy (non-hydrogen) atoms. The van der Waals surface area contributed by atoms with E-state index in [0.717, 1.165) is 70.8 Å². The average Bonchev–Trinajstić information content (AvgIpc) is 2.71. The van der Waals surface area contributed by atoms with Crippen molar-refractivity contribution in [1.82, 2.24) is 9.80 Å². The van der Waals surface area contributed by atoms with Crippen LogP contribution in [0.3, 0.4) is 0 Å². The van der Waals surface area contributed by atoms with Gasteiger partial charge >= 0.3 is 0 Å². The standard InChI is InChI=1S/C21H39N3O2PS/c1-4-25-27(3,26-5-2)18-17-24-15-13-23(14-16-24)12-11-20(22)19-28-21-9-7-6-8-10-21/h6-10,20H,4-5,11-19,22H2,1-3H3/q+1/t20-/m1/s1. The van der Waals surface area contributed by atoms with Gasteiger partial charge in [0.2, 0.25) is 0 Å². The maximum atomic E-state index is 6.34. The highest BCUT2D eigenvalue weighted by Gasteiger charge is 2.35. The summed E-state index contributed by atoms with van der Waals surface area (Å²) in [6.45, 7) is 14.5. The van der Waals surface area contributed by atoms with Gasteiger partial charge in [-0.05, 0) is 38.9 Å². The van der Waals surface area contributed by atoms with Crippen LogP contribution in [-0.2, 0) is 9.05 Å². The topological polar surface area (TPSA) is 51.0 Å². The summed E-state index contributed by atoms with van der Waals surface area (Å²) >= 11 is 1.86. The van der Waals surface area contributed by atoms with Crippen molar-refractivity contribution in [2.24, 2.45) is 5.73 Å². The van der Waals surface area contributed by atoms with Crippen LogP contribution in [0.1, 0.15) is 20.3 Å². The van der Waals surface area contributed by atoms with Crippen molar-refractivity contribution in [2.45, 2.75) is 31.2 Å². The van der Waals surface area contributed by atoms with Crippen LogP contribution in [-0.4, -0.2) is 86.9 Å². The van der Waals surface area contributed by atoms with E-state index in [1.807, 2.05) is 11.8 Å². The molecule has 0 unspecified atom stereocenters. The van der Waals surface area contributed by atoms with Gasteiger partial charge in [0.15, 0.2) is 0 Å². The van der Waals surface area contributed by atoms with Crippen molar-refractivity contribution in [3.05, 3.63) is 30.3 Å². The number of piperazine rings is 1. The zero-order chi connectivity index (χ0) is 20.2. The largest absolute Gasteiger partial charge is 0.327 e. The van der Waals surface area contributed by atoms with Gasteiger partial charge in [-0.3, -0.25) is 4.90 Å². The molecule has 2 rings (SSSR count). The Morgan fingerprint density at radius 1 is 1.00 bits per heavy atom. The van der Waals surface area contributed by atoms with Crippen LogP contribution in [0.25, 0.3) is 0 Å². The zero-order valence-corrected chi connectivity index (χ0v) is 19.6. The van der Waals surface area contributed by atoms with E-state index >= 15 is 0 Å². The molecule has 0 spiro atoms. The fourth-order valence-electron chi connectivity index (χ4n) is 3.42. The zero-order valence-electron chi connectivity index (χ0n) is 17.9. The lowest BCUT2D eigenvalue weighted by atomic mass is 10.2. The van der Waals surface area contributed by atoms with Crippen LogP contribution in [0.2, 0.25) is 0 Å². The van der Waals surface area contributed by atoms with Gasteiger partial charge in [0.1, 0.15) is 12.8 Å². The summed E-state index contributed by atoms with van der Waals surface area (Å²) in [6, 6.07) is 10.8. The second kappa shape index (κ2) is 13.2. The Morgan fingerprint density at radius 3 is 2.14 bits per heavy atom. The summed E-state index contributed by atoms with van der Waals surface area (Å²) in [4.78, 5) is 6.42. The minimum Gasteiger partial charge on any atom is -0.327 e. The predicted molar refractivity (Wildman–Crippen MR) is 124 cm³/mol. The number of benzene rings is 1. The van der Waals surface area contributed by atoms with Gasteiger partial charge in [0.05, 0.1) is 13.2 Å². The molecule has 0 amide bonds. The molecule has 1 saturated heterocycles. The van der Waals surface area contributed by atoms with E-state index in [1.54, 1.807) is 0 Å². The highest BCUT2D eigenvalue weighted by atomic mass is 32.2. The van der Waals surface area contributed by atoms with Crippen LogP contribution < -0.4 is 5.73 Å². The molecule has 0 aliphatic carbocycles. The van der Waals surface area contributed by atoms with Crippen LogP contribution in [0.5, 0.6) is 0 Å². The molecule has 1 aliphatic heterocycles. The quantitative estimate of drug-likeness (QED) is 0.382. The lowest BCUT2D eigenvalue weighted by molar-refractivity contribution is 0.133. The third kappa shape index (κ3) is 9.08. The summed E-state index contributed by atoms with van der Waals surface area (Å²) in [5.74, 6) is 0.987. The number of rotatable bonds is 13. The van der Waals surface area contributed by atoms with Gasteiger partial charge in [-0.15, -0.1) is 11.8 Å². The average molecular weight is 429 g/mol. The predicted octanol–water partition coefficient (Wildman–Crippen LogP) is 3.66. The van der Waals surface area contributed by atoms with E-state index in [-0.39, 0.29) is 6.04 Å². The van der Waals surface area contributed by atoms with Crippen molar-refractivity contribution in [1.29, 1.82) is 0 Å². The first-order valence-corrected chi connectivity index (χ1v) is 13.8. The van der Waals surface area contributed by atoms with Gasteiger partial charge in [-0.25, -0.2) is 9.05 Å². The third-order valence-electron chi connectivity index (χ3n) is 5.12. The fourth-order valence-corrected chi connectivity index (χ4v) is 6.42. The molecule has 0 saturated carbocycles. The summed E-state index contributed by atoms with van der Waals surface area (Å²) < 4.78 is 11.9. The maximum Gasteiger partial charge on any atom is 0.273 e. The van der Waals surface area contributed by atoms with Crippen LogP contribution in [0, 0.1) is 0 Å². The second-order valence-electron chi connectivity index (χ2n) is 7.43. The van der Waals surface area contributed by atoms with E-state index < -0.39 is 7.72 Å². The molecule has 0 aromatic heterocycles. The van der Waals surface area contributed by atoms with Crippen LogP contribution >= 0.6 is 19.5 Å². The number of thioether (sulfide) groups is 1. The van der Waals surface area contributed by atoms with Gasteiger partial charge in [0, 0.05) is 49.4 Å². The molecule has 1 aromatic carbocycles. The molecular weight excluding hydrogens is 389 g/mol. The summed E-state index contributed by atoms with van der Waals surface area (Å²) in [7, 11) is -1.68. The summed E-state index contributed by atoms with van der Waals surface area (Å²) in [5, 5.41) is 0. The number of nitrogens with two attached hydrogens (primary N) is 1. The summed E-state index contributed by atoms with van der Waals surface area (Å²) in [6.07, 6.45) is 2.09. The van der Waals surface area contributed by atoms with E-state index in [4.69, 9.17) is 14.8 Å². The highest BCUT2D eigenvalue weighted by Crippen LogP contribution is 2.57. The lowest BCUT2D eigenvalue weighted by Gasteiger charge is -2.35. The number of hydrogen-bond donors (Lipinski definition) is 1. The van der Waals surface area contributed by atoms with Gasteiger partial charge in [-0.1, -0.05) is 18.2 Å². The van der Waals surface area contributed by atoms with E-state index in [9.17, 15) is 0 Å². The van der Waals surface area contributed by atoms with Gasteiger partial charge < -0.3 is 10.6 Å². The van der Waals surface area contributed by atoms with Crippen molar-refractivity contribution >= 4 is 19.5 Å². The van der Waals surface area contributed by atoms with E-state index in [2.05, 4.69) is 60.6 Å². The van der Waals surface area contributed by atoms with Gasteiger partial charge in [-0.2, -0.15) is 0 Å². The van der Waals surface area contributed by atoms with Crippen molar-refractivity contribution in [2.75, 3.05) is 71.1 Å². The molecule has 1 aromatic rings. The molecular formula is C21H39N3O2PS+. The summed E-state index contributed by atoms with van der Waals surface area (Å²) in [5.41, 5.74) is 6.34. The normalized spacial score (nSPS) is 17.7. The Balaban J connectivity index is 1.60. The molecule has 2 N–H and O–H groups in total. The molecule has 160 valence electrons. The SMILES string of the molecule is CCO[P+](C)(CCN1CCN(CC[C@@H](N)CSc2ccccc2)CC1)OCC. The molecule has 5 nitrogen and oxygen atoms in total. The first-order chi connectivity index (χ1) is 13.5. The Bertz CT molecular complexity index is 524. The van der Waals surface area contributed by atoms with Crippen LogP contribution in [0.15, 0.2) is 35.2 Å². The minimum atomic E-state index is -1.68. The highest BCUT2D eigenvalue weighted by molar-refractivity contribution is 7.99. The van der Waals surface area contributed by atoms with Crippen LogP contribution in [0.4, 0.5) is 0 Å². The van der Waals surface area contributed by atoms with E-state index in [0.29, 0.717) is 0 Å². The van der Waals surface area contributed by atoms with Crippen molar-refractivity contribution in [3.8, 4) is 0 Å². The monoisotopic (exact) mass is 428 g/mol. The van der Waals surface area contributed by atoms with E-state index in [1.165, 1.54) is 4.90 Å². The molecule has 1 heterocycles. The Kier molecular flexibility index (Phi) is 11.3. The Morgan fingerprint density at radius 2 is 1.57 bits per heavy atom. The van der Waals surface area contributed by atoms with Gasteiger partial charge in [0.25, 0.3) is 7.72 Å². The molecule has 0 bridgehead atoms. The molecule has 1 atom stereocenters. The second-order valence-corrected chi connectivity index (χ2v) is 11.5. The molecule has 1 aliphatic rings. The molecule has 7 heteroatoms. The first kappa shape index (κ1) is 24.1. The first-order valence-electron chi connectivity index (χ1n) is 10.6. The number of nitrogens with zero attached hydrogens (tertiary/aromatic N) is 2. The fraction of sp³-hybridized carbons (Fsp3) is 0.714. The number of hydrogen-bond acceptors (Lipinski definition) is 6. The Hall–Kier alpha value is -0.200. The molecule has 1 fully saturated rings. The third-order valence-corrected chi connectivity index (χ3v) is 8.94.